The quantitative estimate of drug-likeness (QED) is 0.807. The lowest BCUT2D eigenvalue weighted by atomic mass is 10.1. The number of hydrogen-bond donors (Lipinski definition) is 2. The van der Waals surface area contributed by atoms with Gasteiger partial charge in [-0.1, -0.05) is 0 Å². The van der Waals surface area contributed by atoms with E-state index in [4.69, 9.17) is 4.74 Å². The number of hydrogen-bond acceptors (Lipinski definition) is 4. The van der Waals surface area contributed by atoms with Crippen LogP contribution in [0.5, 0.6) is 5.75 Å². The molecule has 0 fully saturated rings. The summed E-state index contributed by atoms with van der Waals surface area (Å²) in [5, 5.41) is 9.75. The van der Waals surface area contributed by atoms with Gasteiger partial charge in [-0.15, -0.1) is 0 Å². The maximum atomic E-state index is 13.0. The molecule has 1 aromatic carbocycles. The normalized spacial score (nSPS) is 13.4. The van der Waals surface area contributed by atoms with Gasteiger partial charge in [0.05, 0.1) is 19.5 Å². The predicted molar refractivity (Wildman–Crippen MR) is 60.8 cm³/mol. The molecule has 0 aromatic heterocycles. The summed E-state index contributed by atoms with van der Waals surface area (Å²) in [5.41, 5.74) is 0.198. The van der Waals surface area contributed by atoms with E-state index in [1.165, 1.54) is 19.2 Å². The number of nitrogens with one attached hydrogen (secondary N) is 1. The molecule has 1 rings (SSSR count). The van der Waals surface area contributed by atoms with E-state index in [9.17, 15) is 17.9 Å². The number of rotatable bonds is 5. The minimum Gasteiger partial charge on any atom is -0.496 e. The summed E-state index contributed by atoms with van der Waals surface area (Å²) < 4.78 is 41.8. The van der Waals surface area contributed by atoms with Crippen molar-refractivity contribution in [3.63, 3.8) is 0 Å². The molecule has 2 N–H and O–H groups in total. The third kappa shape index (κ3) is 4.29. The van der Waals surface area contributed by atoms with Crippen molar-refractivity contribution in [2.24, 2.45) is 0 Å². The van der Waals surface area contributed by atoms with Crippen molar-refractivity contribution in [3.8, 4) is 5.75 Å². The van der Waals surface area contributed by atoms with Crippen LogP contribution in [0.2, 0.25) is 0 Å². The lowest BCUT2D eigenvalue weighted by molar-refractivity contribution is 0.177. The van der Waals surface area contributed by atoms with Crippen LogP contribution < -0.4 is 9.46 Å². The molecule has 0 saturated heterocycles. The Morgan fingerprint density at radius 2 is 2.18 bits per heavy atom. The molecule has 0 heterocycles. The Morgan fingerprint density at radius 1 is 1.53 bits per heavy atom. The lowest BCUT2D eigenvalue weighted by Gasteiger charge is -2.14. The Balaban J connectivity index is 2.87. The zero-order chi connectivity index (χ0) is 13.1. The van der Waals surface area contributed by atoms with Crippen LogP contribution in [0.1, 0.15) is 11.7 Å². The molecule has 0 amide bonds. The molecule has 0 aliphatic rings. The third-order valence-electron chi connectivity index (χ3n) is 2.09. The second-order valence-electron chi connectivity index (χ2n) is 3.52. The molecule has 1 atom stereocenters. The SMILES string of the molecule is COc1ccc(F)cc1C(O)CNS(C)(=O)=O. The van der Waals surface area contributed by atoms with Crippen LogP contribution in [0.25, 0.3) is 0 Å². The summed E-state index contributed by atoms with van der Waals surface area (Å²) in [7, 11) is -2.02. The molecule has 7 heteroatoms. The van der Waals surface area contributed by atoms with Crippen molar-refractivity contribution in [1.82, 2.24) is 4.72 Å². The average Bonchev–Trinajstić information content (AvgIpc) is 2.25. The fourth-order valence-corrected chi connectivity index (χ4v) is 1.77. The van der Waals surface area contributed by atoms with Crippen LogP contribution in [0.15, 0.2) is 18.2 Å². The Hall–Kier alpha value is -1.18. The molecule has 0 aliphatic carbocycles. The zero-order valence-electron chi connectivity index (χ0n) is 9.47. The molecule has 0 bridgehead atoms. The maximum Gasteiger partial charge on any atom is 0.208 e. The van der Waals surface area contributed by atoms with E-state index in [1.54, 1.807) is 0 Å². The standard InChI is InChI=1S/C10H14FNO4S/c1-16-10-4-3-7(11)5-8(10)9(13)6-12-17(2,14)15/h3-5,9,12-13H,6H2,1-2H3. The molecular formula is C10H14FNO4S. The minimum absolute atomic E-state index is 0.198. The first-order chi connectivity index (χ1) is 7.83. The molecule has 17 heavy (non-hydrogen) atoms. The topological polar surface area (TPSA) is 75.6 Å². The largest absolute Gasteiger partial charge is 0.496 e. The van der Waals surface area contributed by atoms with Crippen LogP contribution in [0.4, 0.5) is 4.39 Å². The van der Waals surface area contributed by atoms with E-state index in [1.807, 2.05) is 0 Å². The molecule has 0 aliphatic heterocycles. The van der Waals surface area contributed by atoms with E-state index in [2.05, 4.69) is 4.72 Å². The second kappa shape index (κ2) is 5.44. The van der Waals surface area contributed by atoms with E-state index in [0.717, 1.165) is 12.3 Å². The first-order valence-electron chi connectivity index (χ1n) is 4.79. The lowest BCUT2D eigenvalue weighted by Crippen LogP contribution is -2.27. The average molecular weight is 263 g/mol. The minimum atomic E-state index is -3.40. The van der Waals surface area contributed by atoms with Crippen molar-refractivity contribution >= 4 is 10.0 Å². The van der Waals surface area contributed by atoms with Gasteiger partial charge in [0.2, 0.25) is 10.0 Å². The van der Waals surface area contributed by atoms with E-state index in [0.29, 0.717) is 5.75 Å². The number of aliphatic hydroxyl groups excluding tert-OH is 1. The number of ether oxygens (including phenoxy) is 1. The monoisotopic (exact) mass is 263 g/mol. The van der Waals surface area contributed by atoms with Gasteiger partial charge in [0.25, 0.3) is 0 Å². The smallest absolute Gasteiger partial charge is 0.208 e. The summed E-state index contributed by atoms with van der Waals surface area (Å²) in [5.74, 6) is -0.228. The Bertz CT molecular complexity index is 489. The van der Waals surface area contributed by atoms with Crippen molar-refractivity contribution in [3.05, 3.63) is 29.6 Å². The molecule has 0 saturated carbocycles. The number of sulfonamides is 1. The first-order valence-corrected chi connectivity index (χ1v) is 6.69. The maximum absolute atomic E-state index is 13.0. The Labute approximate surface area is 99.3 Å². The van der Waals surface area contributed by atoms with Crippen molar-refractivity contribution in [2.45, 2.75) is 6.10 Å². The van der Waals surface area contributed by atoms with Crippen LogP contribution in [0, 0.1) is 5.82 Å². The summed E-state index contributed by atoms with van der Waals surface area (Å²) in [6.45, 7) is -0.237. The van der Waals surface area contributed by atoms with E-state index >= 15 is 0 Å². The highest BCUT2D eigenvalue weighted by Gasteiger charge is 2.15. The Morgan fingerprint density at radius 3 is 2.71 bits per heavy atom. The molecule has 0 spiro atoms. The number of aliphatic hydroxyl groups is 1. The number of halogens is 1. The van der Waals surface area contributed by atoms with Gasteiger partial charge < -0.3 is 9.84 Å². The van der Waals surface area contributed by atoms with Gasteiger partial charge >= 0.3 is 0 Å². The molecule has 5 nitrogen and oxygen atoms in total. The predicted octanol–water partition coefficient (Wildman–Crippen LogP) is 0.417. The summed E-state index contributed by atoms with van der Waals surface area (Å²) in [4.78, 5) is 0. The van der Waals surface area contributed by atoms with Crippen LogP contribution in [0.3, 0.4) is 0 Å². The molecule has 0 radical (unpaired) electrons. The van der Waals surface area contributed by atoms with Crippen molar-refractivity contribution in [2.75, 3.05) is 19.9 Å². The zero-order valence-corrected chi connectivity index (χ0v) is 10.3. The van der Waals surface area contributed by atoms with Gasteiger partial charge in [0, 0.05) is 12.1 Å². The van der Waals surface area contributed by atoms with Crippen LogP contribution >= 0.6 is 0 Å². The van der Waals surface area contributed by atoms with Gasteiger partial charge in [-0.3, -0.25) is 0 Å². The van der Waals surface area contributed by atoms with Crippen molar-refractivity contribution in [1.29, 1.82) is 0 Å². The number of methoxy groups -OCH3 is 1. The third-order valence-corrected chi connectivity index (χ3v) is 2.78. The van der Waals surface area contributed by atoms with Gasteiger partial charge in [0.15, 0.2) is 0 Å². The van der Waals surface area contributed by atoms with Gasteiger partial charge in [-0.05, 0) is 18.2 Å². The summed E-state index contributed by atoms with van der Waals surface area (Å²) in [6, 6.07) is 3.67. The van der Waals surface area contributed by atoms with Crippen LogP contribution in [-0.2, 0) is 10.0 Å². The fraction of sp³-hybridized carbons (Fsp3) is 0.400. The van der Waals surface area contributed by atoms with Gasteiger partial charge in [-0.25, -0.2) is 17.5 Å². The Kier molecular flexibility index (Phi) is 4.44. The van der Waals surface area contributed by atoms with Crippen LogP contribution in [-0.4, -0.2) is 33.4 Å². The second-order valence-corrected chi connectivity index (χ2v) is 5.36. The molecule has 96 valence electrons. The summed E-state index contributed by atoms with van der Waals surface area (Å²) >= 11 is 0. The van der Waals surface area contributed by atoms with Gasteiger partial charge in [0.1, 0.15) is 11.6 Å². The highest BCUT2D eigenvalue weighted by molar-refractivity contribution is 7.88. The summed E-state index contributed by atoms with van der Waals surface area (Å²) in [6.07, 6.45) is -0.196. The fourth-order valence-electron chi connectivity index (χ4n) is 1.31. The molecular weight excluding hydrogens is 249 g/mol. The van der Waals surface area contributed by atoms with E-state index < -0.39 is 21.9 Å². The highest BCUT2D eigenvalue weighted by atomic mass is 32.2. The van der Waals surface area contributed by atoms with E-state index in [-0.39, 0.29) is 12.1 Å². The van der Waals surface area contributed by atoms with Crippen molar-refractivity contribution < 1.29 is 22.7 Å². The molecule has 1 unspecified atom stereocenters. The highest BCUT2D eigenvalue weighted by Crippen LogP contribution is 2.25. The first kappa shape index (κ1) is 13.9. The van der Waals surface area contributed by atoms with Gasteiger partial charge in [-0.2, -0.15) is 0 Å². The number of benzene rings is 1. The molecule has 1 aromatic rings.